The lowest BCUT2D eigenvalue weighted by Gasteiger charge is -2.12. The van der Waals surface area contributed by atoms with Crippen molar-refractivity contribution >= 4 is 46.5 Å². The van der Waals surface area contributed by atoms with Crippen LogP contribution >= 0.6 is 23.1 Å². The van der Waals surface area contributed by atoms with Crippen LogP contribution in [0.5, 0.6) is 11.5 Å². The first-order valence-corrected chi connectivity index (χ1v) is 12.7. The number of aliphatic hydroxyl groups is 1. The molecule has 40 heavy (non-hydrogen) atoms. The van der Waals surface area contributed by atoms with E-state index >= 15 is 0 Å². The highest BCUT2D eigenvalue weighted by Gasteiger charge is 2.40. The molecule has 3 N–H and O–H groups in total. The molecular weight excluding hydrogens is 592 g/mol. The molecule has 0 saturated carbocycles. The van der Waals surface area contributed by atoms with Crippen LogP contribution in [-0.4, -0.2) is 64.5 Å². The summed E-state index contributed by atoms with van der Waals surface area (Å²) < 4.78 is 86.8. The number of methoxy groups -OCH3 is 1. The Kier molecular flexibility index (Phi) is 9.80. The number of hydrogen-bond acceptors (Lipinski definition) is 10. The van der Waals surface area contributed by atoms with Gasteiger partial charge in [-0.05, 0) is 25.1 Å². The number of thioether (sulfide) groups is 1. The van der Waals surface area contributed by atoms with Gasteiger partial charge in [0.25, 0.3) is 0 Å². The third-order valence-corrected chi connectivity index (χ3v) is 6.61. The van der Waals surface area contributed by atoms with Gasteiger partial charge in [-0.3, -0.25) is 9.59 Å². The highest BCUT2D eigenvalue weighted by atomic mass is 32.2. The Morgan fingerprint density at radius 3 is 2.10 bits per heavy atom. The van der Waals surface area contributed by atoms with Crippen molar-refractivity contribution < 1.29 is 50.5 Å². The number of nitrogens with one attached hydrogen (secondary N) is 2. The summed E-state index contributed by atoms with van der Waals surface area (Å²) in [5.41, 5.74) is 1.16. The fourth-order valence-electron chi connectivity index (χ4n) is 2.89. The number of thiazole rings is 1. The van der Waals surface area contributed by atoms with E-state index in [1.54, 1.807) is 25.1 Å². The van der Waals surface area contributed by atoms with Gasteiger partial charge in [0.1, 0.15) is 23.3 Å². The minimum atomic E-state index is -5.30. The zero-order valence-electron chi connectivity index (χ0n) is 20.4. The molecule has 0 fully saturated rings. The summed E-state index contributed by atoms with van der Waals surface area (Å²) in [6, 6.07) is 5.60. The van der Waals surface area contributed by atoms with E-state index < -0.39 is 35.8 Å². The van der Waals surface area contributed by atoms with Crippen LogP contribution in [-0.2, 0) is 15.3 Å². The largest absolute Gasteiger partial charge is 0.493 e. The van der Waals surface area contributed by atoms with Crippen LogP contribution in [0.15, 0.2) is 29.4 Å². The minimum Gasteiger partial charge on any atom is -0.493 e. The van der Waals surface area contributed by atoms with Gasteiger partial charge in [-0.25, -0.2) is 15.0 Å². The quantitative estimate of drug-likeness (QED) is 0.171. The number of carbonyl (C=O) groups is 2. The Balaban J connectivity index is 1.85. The maximum atomic E-state index is 12.7. The Hall–Kier alpha value is -3.64. The van der Waals surface area contributed by atoms with E-state index in [0.29, 0.717) is 33.8 Å². The molecule has 0 atom stereocenters. The first-order chi connectivity index (χ1) is 18.7. The van der Waals surface area contributed by atoms with E-state index in [1.165, 1.54) is 29.1 Å². The molecule has 0 unspecified atom stereocenters. The van der Waals surface area contributed by atoms with Crippen molar-refractivity contribution in [3.63, 3.8) is 0 Å². The topological polar surface area (TPSA) is 136 Å². The molecule has 0 spiro atoms. The Morgan fingerprint density at radius 1 is 0.975 bits per heavy atom. The second-order valence-electron chi connectivity index (χ2n) is 7.57. The second-order valence-corrected chi connectivity index (χ2v) is 9.72. The minimum absolute atomic E-state index is 0.0342. The number of nitrogens with zero attached hydrogens (tertiary/aromatic N) is 3. The number of aliphatic hydroxyl groups excluding tert-OH is 1. The number of hydrogen-bond donors (Lipinski definition) is 3. The second kappa shape index (κ2) is 12.7. The number of amides is 2. The van der Waals surface area contributed by atoms with Crippen LogP contribution in [0.4, 0.5) is 38.0 Å². The number of ether oxygens (including phenoxy) is 2. The number of rotatable bonds is 10. The van der Waals surface area contributed by atoms with Gasteiger partial charge in [-0.1, -0.05) is 11.8 Å². The fourth-order valence-corrected chi connectivity index (χ4v) is 4.78. The van der Waals surface area contributed by atoms with Crippen molar-refractivity contribution in [2.24, 2.45) is 0 Å². The zero-order chi connectivity index (χ0) is 29.7. The number of aryl methyl sites for hydroxylation is 1. The predicted molar refractivity (Wildman–Crippen MR) is 132 cm³/mol. The lowest BCUT2D eigenvalue weighted by atomic mass is 10.2. The molecule has 216 valence electrons. The van der Waals surface area contributed by atoms with Crippen LogP contribution in [0.3, 0.4) is 0 Å². The summed E-state index contributed by atoms with van der Waals surface area (Å²) in [6.07, 6.45) is -10.6. The van der Waals surface area contributed by atoms with E-state index in [1.807, 2.05) is 0 Å². The Morgan fingerprint density at radius 2 is 1.57 bits per heavy atom. The molecule has 0 aliphatic rings. The summed E-state index contributed by atoms with van der Waals surface area (Å²) in [5, 5.41) is 12.1. The van der Waals surface area contributed by atoms with Gasteiger partial charge < -0.3 is 25.2 Å². The molecule has 1 aromatic carbocycles. The lowest BCUT2D eigenvalue weighted by Crippen LogP contribution is -2.31. The number of halogens is 6. The molecule has 18 heteroatoms. The van der Waals surface area contributed by atoms with Crippen molar-refractivity contribution in [3.05, 3.63) is 34.8 Å². The number of anilines is 2. The summed E-state index contributed by atoms with van der Waals surface area (Å²) in [4.78, 5) is 35.4. The molecule has 0 aliphatic carbocycles. The summed E-state index contributed by atoms with van der Waals surface area (Å²) in [5.74, 6) is -5.55. The highest BCUT2D eigenvalue weighted by molar-refractivity contribution is 7.98. The molecule has 0 radical (unpaired) electrons. The zero-order valence-corrected chi connectivity index (χ0v) is 22.1. The summed E-state index contributed by atoms with van der Waals surface area (Å²) >= 11 is 2.10. The molecule has 10 nitrogen and oxygen atoms in total. The maximum absolute atomic E-state index is 12.7. The maximum Gasteiger partial charge on any atom is 0.471 e. The van der Waals surface area contributed by atoms with Gasteiger partial charge >= 0.3 is 24.2 Å². The van der Waals surface area contributed by atoms with Gasteiger partial charge in [0, 0.05) is 22.3 Å². The van der Waals surface area contributed by atoms with Crippen LogP contribution < -0.4 is 20.1 Å². The first-order valence-electron chi connectivity index (χ1n) is 10.9. The van der Waals surface area contributed by atoms with E-state index in [2.05, 4.69) is 15.0 Å². The summed E-state index contributed by atoms with van der Waals surface area (Å²) in [6.45, 7) is 1.57. The highest BCUT2D eigenvalue weighted by Crippen LogP contribution is 2.36. The third-order valence-electron chi connectivity index (χ3n) is 4.69. The standard InChI is InChI=1S/C22H19F6N5O5S2/c1-10-12(29-17(40-10)11-3-4-13(37-2)14(7-11)38-6-5-34)9-39-20-32-15(30-18(35)21(23,24)25)8-16(33-20)31-19(36)22(26,27)28/h3-4,7-8,34H,5-6,9H2,1-2H3,(H2,30,31,32,33,35,36). The molecule has 2 aromatic heterocycles. The molecule has 0 aliphatic heterocycles. The molecule has 0 saturated heterocycles. The normalized spacial score (nSPS) is 11.7. The Labute approximate surface area is 230 Å². The summed E-state index contributed by atoms with van der Waals surface area (Å²) in [7, 11) is 1.45. The number of aromatic nitrogens is 3. The van der Waals surface area contributed by atoms with Crippen LogP contribution in [0.2, 0.25) is 0 Å². The van der Waals surface area contributed by atoms with Gasteiger partial charge in [0.05, 0.1) is 19.4 Å². The van der Waals surface area contributed by atoms with Crippen molar-refractivity contribution in [2.75, 3.05) is 31.0 Å². The average molecular weight is 612 g/mol. The van der Waals surface area contributed by atoms with E-state index in [-0.39, 0.29) is 24.1 Å². The third kappa shape index (κ3) is 8.18. The van der Waals surface area contributed by atoms with Crippen molar-refractivity contribution in [1.29, 1.82) is 0 Å². The smallest absolute Gasteiger partial charge is 0.471 e. The van der Waals surface area contributed by atoms with Crippen LogP contribution in [0, 0.1) is 6.92 Å². The number of carbonyl (C=O) groups excluding carboxylic acids is 2. The molecule has 2 amide bonds. The van der Waals surface area contributed by atoms with E-state index in [4.69, 9.17) is 14.6 Å². The van der Waals surface area contributed by atoms with Gasteiger partial charge in [-0.15, -0.1) is 11.3 Å². The van der Waals surface area contributed by atoms with Gasteiger partial charge in [-0.2, -0.15) is 26.3 Å². The monoisotopic (exact) mass is 611 g/mol. The number of benzene rings is 1. The van der Waals surface area contributed by atoms with E-state index in [0.717, 1.165) is 16.6 Å². The predicted octanol–water partition coefficient (Wildman–Crippen LogP) is 4.58. The molecule has 0 bridgehead atoms. The van der Waals surface area contributed by atoms with Crippen molar-refractivity contribution in [3.8, 4) is 22.1 Å². The number of alkyl halides is 6. The fraction of sp³-hybridized carbons (Fsp3) is 0.318. The van der Waals surface area contributed by atoms with Crippen LogP contribution in [0.1, 0.15) is 10.6 Å². The van der Waals surface area contributed by atoms with E-state index in [9.17, 15) is 35.9 Å². The van der Waals surface area contributed by atoms with Gasteiger partial charge in [0.2, 0.25) is 0 Å². The first kappa shape index (κ1) is 30.9. The Bertz CT molecular complexity index is 1340. The molecule has 3 aromatic rings. The van der Waals surface area contributed by atoms with Crippen molar-refractivity contribution in [2.45, 2.75) is 30.2 Å². The average Bonchev–Trinajstić information content (AvgIpc) is 3.25. The van der Waals surface area contributed by atoms with Crippen LogP contribution in [0.25, 0.3) is 10.6 Å². The molecular formula is C22H19F6N5O5S2. The lowest BCUT2D eigenvalue weighted by molar-refractivity contribution is -0.167. The molecule has 3 rings (SSSR count). The van der Waals surface area contributed by atoms with Gasteiger partial charge in [0.15, 0.2) is 16.7 Å². The SMILES string of the molecule is COc1ccc(-c2nc(CSc3nc(NC(=O)C(F)(F)F)cc(NC(=O)C(F)(F)F)n3)c(C)s2)cc1OCCO. The molecule has 2 heterocycles. The van der Waals surface area contributed by atoms with Crippen molar-refractivity contribution in [1.82, 2.24) is 15.0 Å².